The van der Waals surface area contributed by atoms with Crippen molar-refractivity contribution in [2.24, 2.45) is 5.92 Å². The van der Waals surface area contributed by atoms with E-state index >= 15 is 0 Å². The second-order valence-electron chi connectivity index (χ2n) is 3.38. The summed E-state index contributed by atoms with van der Waals surface area (Å²) in [5, 5.41) is 0. The fourth-order valence-electron chi connectivity index (χ4n) is 0.972. The van der Waals surface area contributed by atoms with E-state index in [-0.39, 0.29) is 11.8 Å². The van der Waals surface area contributed by atoms with Crippen LogP contribution < -0.4 is 4.72 Å². The minimum absolute atomic E-state index is 0.102. The fraction of sp³-hybridized carbons (Fsp3) is 0.857. The van der Waals surface area contributed by atoms with Gasteiger partial charge >= 0.3 is 10.2 Å². The molecule has 1 rings (SSSR count). The van der Waals surface area contributed by atoms with Crippen LogP contribution in [-0.2, 0) is 15.0 Å². The topological polar surface area (TPSA) is 66.5 Å². The average Bonchev–Trinajstić information content (AvgIpc) is 1.80. The number of carbonyl (C=O) groups is 1. The molecule has 1 aliphatic carbocycles. The number of nitrogens with zero attached hydrogens (tertiary/aromatic N) is 1. The summed E-state index contributed by atoms with van der Waals surface area (Å²) in [7, 11) is -0.814. The van der Waals surface area contributed by atoms with Crippen LogP contribution in [0.2, 0.25) is 0 Å². The maximum Gasteiger partial charge on any atom is 0.303 e. The van der Waals surface area contributed by atoms with Gasteiger partial charge in [-0.25, -0.2) is 4.72 Å². The quantitative estimate of drug-likeness (QED) is 0.690. The van der Waals surface area contributed by atoms with Crippen LogP contribution >= 0.6 is 0 Å². The first-order chi connectivity index (χ1) is 5.93. The Balaban J connectivity index is 2.52. The first-order valence-electron chi connectivity index (χ1n) is 4.17. The SMILES string of the molecule is CN(C)S(=O)(=O)NC(=O)C1CCC1. The molecule has 0 saturated heterocycles. The van der Waals surface area contributed by atoms with Crippen molar-refractivity contribution in [3.8, 4) is 0 Å². The van der Waals surface area contributed by atoms with Crippen LogP contribution in [0.5, 0.6) is 0 Å². The van der Waals surface area contributed by atoms with Gasteiger partial charge in [0.25, 0.3) is 0 Å². The van der Waals surface area contributed by atoms with Crippen molar-refractivity contribution in [3.63, 3.8) is 0 Å². The van der Waals surface area contributed by atoms with E-state index in [9.17, 15) is 13.2 Å². The largest absolute Gasteiger partial charge is 0.303 e. The Hall–Kier alpha value is -0.620. The second-order valence-corrected chi connectivity index (χ2v) is 5.27. The Morgan fingerprint density at radius 1 is 1.38 bits per heavy atom. The van der Waals surface area contributed by atoms with Crippen molar-refractivity contribution in [2.45, 2.75) is 19.3 Å². The van der Waals surface area contributed by atoms with E-state index in [1.54, 1.807) is 0 Å². The molecule has 0 unspecified atom stereocenters. The number of hydrogen-bond donors (Lipinski definition) is 1. The zero-order valence-corrected chi connectivity index (χ0v) is 8.60. The second kappa shape index (κ2) is 3.63. The van der Waals surface area contributed by atoms with Gasteiger partial charge in [0.05, 0.1) is 0 Å². The van der Waals surface area contributed by atoms with Gasteiger partial charge in [-0.15, -0.1) is 0 Å². The molecule has 0 atom stereocenters. The summed E-state index contributed by atoms with van der Waals surface area (Å²) >= 11 is 0. The molecule has 0 aromatic rings. The third-order valence-electron chi connectivity index (χ3n) is 2.19. The lowest BCUT2D eigenvalue weighted by Gasteiger charge is -2.24. The van der Waals surface area contributed by atoms with Gasteiger partial charge in [-0.05, 0) is 12.8 Å². The van der Waals surface area contributed by atoms with E-state index in [1.165, 1.54) is 14.1 Å². The number of amides is 1. The first-order valence-corrected chi connectivity index (χ1v) is 5.61. The van der Waals surface area contributed by atoms with E-state index < -0.39 is 10.2 Å². The highest BCUT2D eigenvalue weighted by atomic mass is 32.2. The molecule has 5 nitrogen and oxygen atoms in total. The molecule has 0 radical (unpaired) electrons. The maximum atomic E-state index is 11.2. The van der Waals surface area contributed by atoms with Crippen LogP contribution in [0.1, 0.15) is 19.3 Å². The normalized spacial score (nSPS) is 18.4. The monoisotopic (exact) mass is 206 g/mol. The van der Waals surface area contributed by atoms with E-state index in [2.05, 4.69) is 0 Å². The minimum atomic E-state index is -3.58. The van der Waals surface area contributed by atoms with Crippen LogP contribution in [0.3, 0.4) is 0 Å². The maximum absolute atomic E-state index is 11.2. The molecule has 1 saturated carbocycles. The third-order valence-corrected chi connectivity index (χ3v) is 3.61. The molecule has 1 amide bonds. The zero-order chi connectivity index (χ0) is 10.1. The molecular formula is C7H14N2O3S. The smallest absolute Gasteiger partial charge is 0.274 e. The van der Waals surface area contributed by atoms with Crippen molar-refractivity contribution in [2.75, 3.05) is 14.1 Å². The summed E-state index contributed by atoms with van der Waals surface area (Å²) in [5.41, 5.74) is 0. The molecule has 0 aromatic carbocycles. The van der Waals surface area contributed by atoms with Crippen LogP contribution in [-0.4, -0.2) is 32.7 Å². The van der Waals surface area contributed by atoms with Crippen LogP contribution in [0.15, 0.2) is 0 Å². The molecule has 1 aliphatic rings. The summed E-state index contributed by atoms with van der Waals surface area (Å²) < 4.78 is 25.4. The van der Waals surface area contributed by atoms with Gasteiger partial charge in [0, 0.05) is 20.0 Å². The van der Waals surface area contributed by atoms with Gasteiger partial charge in [-0.3, -0.25) is 4.79 Å². The summed E-state index contributed by atoms with van der Waals surface area (Å²) in [6.07, 6.45) is 2.61. The number of rotatable bonds is 3. The molecule has 6 heteroatoms. The van der Waals surface area contributed by atoms with Crippen LogP contribution in [0.4, 0.5) is 0 Å². The van der Waals surface area contributed by atoms with Gasteiger partial charge in [0.15, 0.2) is 0 Å². The van der Waals surface area contributed by atoms with Gasteiger partial charge in [-0.2, -0.15) is 12.7 Å². The Labute approximate surface area is 78.3 Å². The van der Waals surface area contributed by atoms with E-state index in [0.29, 0.717) is 0 Å². The van der Waals surface area contributed by atoms with Crippen molar-refractivity contribution in [1.82, 2.24) is 9.03 Å². The molecule has 0 aliphatic heterocycles. The van der Waals surface area contributed by atoms with Crippen LogP contribution in [0, 0.1) is 5.92 Å². The third kappa shape index (κ3) is 2.41. The number of carbonyl (C=O) groups excluding carboxylic acids is 1. The fourth-order valence-corrected chi connectivity index (χ4v) is 1.58. The standard InChI is InChI=1S/C7H14N2O3S/c1-9(2)13(11,12)8-7(10)6-4-3-5-6/h6H,3-5H2,1-2H3,(H,8,10). The molecule has 0 aromatic heterocycles. The number of nitrogens with one attached hydrogen (secondary N) is 1. The molecule has 0 heterocycles. The van der Waals surface area contributed by atoms with Crippen molar-refractivity contribution < 1.29 is 13.2 Å². The van der Waals surface area contributed by atoms with Gasteiger partial charge in [0.1, 0.15) is 0 Å². The summed E-state index contributed by atoms with van der Waals surface area (Å²) in [4.78, 5) is 11.2. The Bertz CT molecular complexity index is 293. The van der Waals surface area contributed by atoms with Gasteiger partial charge < -0.3 is 0 Å². The Kier molecular flexibility index (Phi) is 2.92. The average molecular weight is 206 g/mol. The summed E-state index contributed by atoms with van der Waals surface area (Å²) in [6.45, 7) is 0. The summed E-state index contributed by atoms with van der Waals surface area (Å²) in [6, 6.07) is 0. The molecule has 1 fully saturated rings. The first kappa shape index (κ1) is 10.5. The molecule has 1 N–H and O–H groups in total. The molecule has 13 heavy (non-hydrogen) atoms. The highest BCUT2D eigenvalue weighted by Crippen LogP contribution is 2.26. The molecular weight excluding hydrogens is 192 g/mol. The molecule has 0 spiro atoms. The summed E-state index contributed by atoms with van der Waals surface area (Å²) in [5.74, 6) is -0.477. The van der Waals surface area contributed by atoms with E-state index in [0.717, 1.165) is 23.6 Å². The molecule has 76 valence electrons. The Morgan fingerprint density at radius 3 is 2.23 bits per heavy atom. The van der Waals surface area contributed by atoms with Crippen molar-refractivity contribution >= 4 is 16.1 Å². The zero-order valence-electron chi connectivity index (χ0n) is 7.78. The predicted octanol–water partition coefficient (Wildman–Crippen LogP) is -0.291. The lowest BCUT2D eigenvalue weighted by molar-refractivity contribution is -0.125. The van der Waals surface area contributed by atoms with Crippen molar-refractivity contribution in [1.29, 1.82) is 0 Å². The van der Waals surface area contributed by atoms with Gasteiger partial charge in [-0.1, -0.05) is 6.42 Å². The lowest BCUT2D eigenvalue weighted by atomic mass is 9.85. The number of hydrogen-bond acceptors (Lipinski definition) is 3. The highest BCUT2D eigenvalue weighted by Gasteiger charge is 2.28. The van der Waals surface area contributed by atoms with E-state index in [4.69, 9.17) is 0 Å². The molecule has 0 bridgehead atoms. The van der Waals surface area contributed by atoms with Gasteiger partial charge in [0.2, 0.25) is 5.91 Å². The Morgan fingerprint density at radius 2 is 1.92 bits per heavy atom. The van der Waals surface area contributed by atoms with Crippen molar-refractivity contribution in [3.05, 3.63) is 0 Å². The highest BCUT2D eigenvalue weighted by molar-refractivity contribution is 7.87. The predicted molar refractivity (Wildman–Crippen MR) is 48.1 cm³/mol. The van der Waals surface area contributed by atoms with Crippen LogP contribution in [0.25, 0.3) is 0 Å². The lowest BCUT2D eigenvalue weighted by Crippen LogP contribution is -2.43. The van der Waals surface area contributed by atoms with E-state index in [1.807, 2.05) is 4.72 Å². The minimum Gasteiger partial charge on any atom is -0.274 e.